The summed E-state index contributed by atoms with van der Waals surface area (Å²) < 4.78 is 0. The van der Waals surface area contributed by atoms with Crippen LogP contribution >= 0.6 is 0 Å². The fourth-order valence-electron chi connectivity index (χ4n) is 3.97. The summed E-state index contributed by atoms with van der Waals surface area (Å²) in [5.41, 5.74) is 5.19. The molecule has 0 radical (unpaired) electrons. The summed E-state index contributed by atoms with van der Waals surface area (Å²) in [6.45, 7) is 6.88. The molecule has 0 saturated heterocycles. The molecule has 2 aliphatic rings. The zero-order valence-electron chi connectivity index (χ0n) is 13.5. The SMILES string of the molecule is CC1=CC[C@@]2(C(C)C)CC1C(c1ccnc3ccccc13)=N2. The topological polar surface area (TPSA) is 25.2 Å². The fourth-order valence-corrected chi connectivity index (χ4v) is 3.97. The van der Waals surface area contributed by atoms with Crippen molar-refractivity contribution in [3.8, 4) is 0 Å². The first-order valence-electron chi connectivity index (χ1n) is 8.21. The number of para-hydroxylation sites is 1. The molecule has 1 aromatic carbocycles. The Hall–Kier alpha value is -1.96. The molecule has 22 heavy (non-hydrogen) atoms. The van der Waals surface area contributed by atoms with Crippen LogP contribution in [0.3, 0.4) is 0 Å². The van der Waals surface area contributed by atoms with Crippen LogP contribution in [0.25, 0.3) is 10.9 Å². The lowest BCUT2D eigenvalue weighted by molar-refractivity contribution is 0.289. The number of hydrogen-bond donors (Lipinski definition) is 0. The van der Waals surface area contributed by atoms with Gasteiger partial charge in [0.1, 0.15) is 0 Å². The van der Waals surface area contributed by atoms with Gasteiger partial charge in [-0.05, 0) is 37.8 Å². The highest BCUT2D eigenvalue weighted by Crippen LogP contribution is 2.47. The Balaban J connectivity index is 1.93. The van der Waals surface area contributed by atoms with Gasteiger partial charge in [-0.15, -0.1) is 0 Å². The van der Waals surface area contributed by atoms with E-state index in [4.69, 9.17) is 4.99 Å². The molecule has 0 fully saturated rings. The first-order valence-corrected chi connectivity index (χ1v) is 8.21. The molecule has 1 aliphatic carbocycles. The average molecular weight is 290 g/mol. The molecule has 4 rings (SSSR count). The van der Waals surface area contributed by atoms with Crippen molar-refractivity contribution in [1.29, 1.82) is 0 Å². The van der Waals surface area contributed by atoms with Gasteiger partial charge in [-0.1, -0.05) is 43.7 Å². The van der Waals surface area contributed by atoms with Crippen LogP contribution in [0, 0.1) is 11.8 Å². The van der Waals surface area contributed by atoms with Gasteiger partial charge in [-0.25, -0.2) is 0 Å². The number of pyridine rings is 1. The average Bonchev–Trinajstić information content (AvgIpc) is 2.87. The second kappa shape index (κ2) is 4.77. The zero-order chi connectivity index (χ0) is 15.3. The van der Waals surface area contributed by atoms with E-state index in [-0.39, 0.29) is 5.54 Å². The number of benzene rings is 1. The molecule has 2 aromatic rings. The molecule has 112 valence electrons. The molecule has 0 saturated carbocycles. The molecule has 1 aromatic heterocycles. The van der Waals surface area contributed by atoms with E-state index in [9.17, 15) is 0 Å². The van der Waals surface area contributed by atoms with Gasteiger partial charge >= 0.3 is 0 Å². The molecule has 2 nitrogen and oxygen atoms in total. The number of allylic oxidation sites excluding steroid dienone is 1. The van der Waals surface area contributed by atoms with Crippen LogP contribution in [0.5, 0.6) is 0 Å². The highest BCUT2D eigenvalue weighted by molar-refractivity contribution is 6.13. The number of nitrogens with zero attached hydrogens (tertiary/aromatic N) is 2. The van der Waals surface area contributed by atoms with Crippen LogP contribution in [0.2, 0.25) is 0 Å². The maximum atomic E-state index is 5.29. The maximum absolute atomic E-state index is 5.29. The Morgan fingerprint density at radius 3 is 2.82 bits per heavy atom. The summed E-state index contributed by atoms with van der Waals surface area (Å²) in [5, 5.41) is 1.23. The molecule has 0 N–H and O–H groups in total. The van der Waals surface area contributed by atoms with E-state index < -0.39 is 0 Å². The van der Waals surface area contributed by atoms with E-state index >= 15 is 0 Å². The Morgan fingerprint density at radius 2 is 2.00 bits per heavy atom. The number of hydrogen-bond acceptors (Lipinski definition) is 2. The largest absolute Gasteiger partial charge is 0.281 e. The van der Waals surface area contributed by atoms with Crippen LogP contribution in [-0.4, -0.2) is 16.2 Å². The number of fused-ring (bicyclic) bond motifs is 3. The van der Waals surface area contributed by atoms with Gasteiger partial charge < -0.3 is 0 Å². The smallest absolute Gasteiger partial charge is 0.0708 e. The summed E-state index contributed by atoms with van der Waals surface area (Å²) in [5.74, 6) is 1.05. The minimum absolute atomic E-state index is 0.101. The minimum Gasteiger partial charge on any atom is -0.281 e. The predicted molar refractivity (Wildman–Crippen MR) is 92.3 cm³/mol. The van der Waals surface area contributed by atoms with Crippen LogP contribution in [0.15, 0.2) is 53.2 Å². The third kappa shape index (κ3) is 1.86. The summed E-state index contributed by atoms with van der Waals surface area (Å²) in [4.78, 5) is 9.79. The molecule has 1 unspecified atom stereocenters. The van der Waals surface area contributed by atoms with E-state index in [2.05, 4.69) is 62.2 Å². The molecular formula is C20H22N2. The maximum Gasteiger partial charge on any atom is 0.0708 e. The summed E-state index contributed by atoms with van der Waals surface area (Å²) in [6, 6.07) is 10.5. The van der Waals surface area contributed by atoms with Gasteiger partial charge in [0.2, 0.25) is 0 Å². The van der Waals surface area contributed by atoms with Gasteiger partial charge in [0.05, 0.1) is 16.8 Å². The van der Waals surface area contributed by atoms with Crippen LogP contribution in [0.4, 0.5) is 0 Å². The number of aromatic nitrogens is 1. The van der Waals surface area contributed by atoms with Crippen LogP contribution < -0.4 is 0 Å². The van der Waals surface area contributed by atoms with E-state index in [1.807, 2.05) is 6.20 Å². The van der Waals surface area contributed by atoms with Crippen molar-refractivity contribution in [3.05, 3.63) is 53.7 Å². The van der Waals surface area contributed by atoms with Gasteiger partial charge in [0, 0.05) is 23.1 Å². The first kappa shape index (κ1) is 13.7. The summed E-state index contributed by atoms with van der Waals surface area (Å²) in [6.07, 6.45) is 6.58. The molecule has 2 heterocycles. The van der Waals surface area contributed by atoms with Gasteiger partial charge in [-0.2, -0.15) is 0 Å². The molecule has 2 heteroatoms. The van der Waals surface area contributed by atoms with Gasteiger partial charge in [0.15, 0.2) is 0 Å². The van der Waals surface area contributed by atoms with E-state index in [1.54, 1.807) is 0 Å². The van der Waals surface area contributed by atoms with Gasteiger partial charge in [0.25, 0.3) is 0 Å². The second-order valence-corrected chi connectivity index (χ2v) is 7.04. The van der Waals surface area contributed by atoms with Crippen LogP contribution in [-0.2, 0) is 0 Å². The lowest BCUT2D eigenvalue weighted by Gasteiger charge is -2.33. The summed E-state index contributed by atoms with van der Waals surface area (Å²) in [7, 11) is 0. The zero-order valence-corrected chi connectivity index (χ0v) is 13.5. The standard InChI is InChI=1S/C20H22N2/c1-13(2)20-10-8-14(3)17(12-20)19(22-20)16-9-11-21-18-7-5-4-6-15(16)18/h4-9,11,13,17H,10,12H2,1-3H3/t17?,20-/m0/s1. The lowest BCUT2D eigenvalue weighted by atomic mass is 9.72. The third-order valence-corrected chi connectivity index (χ3v) is 5.56. The van der Waals surface area contributed by atoms with Crippen molar-refractivity contribution in [1.82, 2.24) is 4.98 Å². The van der Waals surface area contributed by atoms with Crippen molar-refractivity contribution in [3.63, 3.8) is 0 Å². The van der Waals surface area contributed by atoms with Gasteiger partial charge in [-0.3, -0.25) is 9.98 Å². The normalized spacial score (nSPS) is 27.2. The van der Waals surface area contributed by atoms with Crippen molar-refractivity contribution < 1.29 is 0 Å². The Bertz CT molecular complexity index is 795. The highest BCUT2D eigenvalue weighted by Gasteiger charge is 2.45. The fraction of sp³-hybridized carbons (Fsp3) is 0.400. The van der Waals surface area contributed by atoms with Crippen LogP contribution in [0.1, 0.15) is 39.2 Å². The minimum atomic E-state index is 0.101. The monoisotopic (exact) mass is 290 g/mol. The van der Waals surface area contributed by atoms with Crippen molar-refractivity contribution in [2.45, 2.75) is 39.2 Å². The third-order valence-electron chi connectivity index (χ3n) is 5.56. The van der Waals surface area contributed by atoms with E-state index in [0.29, 0.717) is 11.8 Å². The van der Waals surface area contributed by atoms with Crippen molar-refractivity contribution in [2.24, 2.45) is 16.8 Å². The Labute approximate surface area is 132 Å². The molecule has 2 bridgehead atoms. The number of rotatable bonds is 2. The highest BCUT2D eigenvalue weighted by atomic mass is 14.9. The van der Waals surface area contributed by atoms with Crippen molar-refractivity contribution in [2.75, 3.05) is 0 Å². The molecule has 0 amide bonds. The molecule has 2 atom stereocenters. The molecule has 0 spiro atoms. The summed E-state index contributed by atoms with van der Waals surface area (Å²) >= 11 is 0. The van der Waals surface area contributed by atoms with E-state index in [1.165, 1.54) is 28.7 Å². The number of aliphatic imine (C=N–C) groups is 1. The lowest BCUT2D eigenvalue weighted by Crippen LogP contribution is -2.33. The molecular weight excluding hydrogens is 268 g/mol. The Kier molecular flexibility index (Phi) is 2.97. The first-order chi connectivity index (χ1) is 10.6. The van der Waals surface area contributed by atoms with E-state index in [0.717, 1.165) is 11.9 Å². The Morgan fingerprint density at radius 1 is 1.18 bits per heavy atom. The predicted octanol–water partition coefficient (Wildman–Crippen LogP) is 4.79. The van der Waals surface area contributed by atoms with Crippen molar-refractivity contribution >= 4 is 16.6 Å². The quantitative estimate of drug-likeness (QED) is 0.730. The molecule has 1 aliphatic heterocycles. The second-order valence-electron chi connectivity index (χ2n) is 7.04.